The molecule has 0 atom stereocenters. The molecule has 114 valence electrons. The molecule has 0 bridgehead atoms. The zero-order chi connectivity index (χ0) is 14.9. The molecule has 3 heteroatoms. The third kappa shape index (κ3) is 3.22. The van der Waals surface area contributed by atoms with Gasteiger partial charge in [-0.1, -0.05) is 26.0 Å². The molecule has 0 spiro atoms. The van der Waals surface area contributed by atoms with Crippen LogP contribution in [0.3, 0.4) is 0 Å². The maximum absolute atomic E-state index is 12.6. The first-order valence-electron chi connectivity index (χ1n) is 8.22. The van der Waals surface area contributed by atoms with Gasteiger partial charge in [-0.15, -0.1) is 0 Å². The first-order valence-corrected chi connectivity index (χ1v) is 8.22. The highest BCUT2D eigenvalue weighted by atomic mass is 16.1. The first kappa shape index (κ1) is 14.4. The zero-order valence-corrected chi connectivity index (χ0v) is 13.2. The van der Waals surface area contributed by atoms with Crippen LogP contribution in [0.25, 0.3) is 0 Å². The van der Waals surface area contributed by atoms with Crippen molar-refractivity contribution in [3.8, 4) is 0 Å². The lowest BCUT2D eigenvalue weighted by Crippen LogP contribution is -2.39. The molecule has 21 heavy (non-hydrogen) atoms. The number of anilines is 1. The number of amides is 1. The number of para-hydroxylation sites is 1. The Morgan fingerprint density at radius 3 is 2.81 bits per heavy atom. The summed E-state index contributed by atoms with van der Waals surface area (Å²) in [6.07, 6.45) is 6.81. The fourth-order valence-corrected chi connectivity index (χ4v) is 3.51. The Labute approximate surface area is 127 Å². The van der Waals surface area contributed by atoms with Crippen molar-refractivity contribution in [1.82, 2.24) is 5.32 Å². The van der Waals surface area contributed by atoms with Gasteiger partial charge in [-0.05, 0) is 55.6 Å². The van der Waals surface area contributed by atoms with Crippen LogP contribution < -0.4 is 10.6 Å². The highest BCUT2D eigenvalue weighted by Crippen LogP contribution is 2.35. The molecule has 2 aliphatic rings. The summed E-state index contributed by atoms with van der Waals surface area (Å²) in [5.74, 6) is 0.0888. The van der Waals surface area contributed by atoms with Gasteiger partial charge >= 0.3 is 0 Å². The molecule has 1 aromatic rings. The van der Waals surface area contributed by atoms with Crippen LogP contribution in [0.4, 0.5) is 5.69 Å². The Kier molecular flexibility index (Phi) is 3.92. The largest absolute Gasteiger partial charge is 0.384 e. The van der Waals surface area contributed by atoms with Crippen LogP contribution in [-0.4, -0.2) is 18.5 Å². The molecule has 0 saturated heterocycles. The number of benzene rings is 1. The third-order valence-corrected chi connectivity index (χ3v) is 4.99. The average molecular weight is 286 g/mol. The standard InChI is InChI=1S/C18H26N2O/c1-18(2)10-8-14(9-11-18)20-17(21)15-7-3-5-13-6-4-12-19-16(13)15/h3,5,7,14,19H,4,6,8-12H2,1-2H3,(H,20,21). The molecule has 0 radical (unpaired) electrons. The predicted octanol–water partition coefficient (Wildman–Crippen LogP) is 3.74. The molecular weight excluding hydrogens is 260 g/mol. The molecular formula is C18H26N2O. The quantitative estimate of drug-likeness (QED) is 0.869. The Bertz CT molecular complexity index is 526. The van der Waals surface area contributed by atoms with Crippen molar-refractivity contribution in [3.63, 3.8) is 0 Å². The van der Waals surface area contributed by atoms with Gasteiger partial charge in [-0.25, -0.2) is 0 Å². The lowest BCUT2D eigenvalue weighted by atomic mass is 9.75. The van der Waals surface area contributed by atoms with Crippen molar-refractivity contribution >= 4 is 11.6 Å². The summed E-state index contributed by atoms with van der Waals surface area (Å²) in [4.78, 5) is 12.6. The van der Waals surface area contributed by atoms with Gasteiger partial charge in [0.1, 0.15) is 0 Å². The van der Waals surface area contributed by atoms with Crippen LogP contribution in [0.5, 0.6) is 0 Å². The summed E-state index contributed by atoms with van der Waals surface area (Å²) in [5, 5.41) is 6.65. The molecule has 3 nitrogen and oxygen atoms in total. The molecule has 1 fully saturated rings. The number of hydrogen-bond acceptors (Lipinski definition) is 2. The van der Waals surface area contributed by atoms with Crippen LogP contribution >= 0.6 is 0 Å². The monoisotopic (exact) mass is 286 g/mol. The van der Waals surface area contributed by atoms with Crippen LogP contribution in [0, 0.1) is 5.41 Å². The number of carbonyl (C=O) groups excluding carboxylic acids is 1. The Morgan fingerprint density at radius 1 is 1.29 bits per heavy atom. The van der Waals surface area contributed by atoms with Gasteiger partial charge < -0.3 is 10.6 Å². The molecule has 1 amide bonds. The molecule has 0 aromatic heterocycles. The first-order chi connectivity index (χ1) is 10.1. The average Bonchev–Trinajstić information content (AvgIpc) is 2.49. The molecule has 0 unspecified atom stereocenters. The van der Waals surface area contributed by atoms with Gasteiger partial charge in [0.05, 0.1) is 11.3 Å². The highest BCUT2D eigenvalue weighted by molar-refractivity contribution is 6.00. The van der Waals surface area contributed by atoms with E-state index in [1.807, 2.05) is 12.1 Å². The van der Waals surface area contributed by atoms with Gasteiger partial charge in [-0.2, -0.15) is 0 Å². The molecule has 2 N–H and O–H groups in total. The van der Waals surface area contributed by atoms with E-state index in [1.165, 1.54) is 18.4 Å². The van der Waals surface area contributed by atoms with Gasteiger partial charge in [0, 0.05) is 12.6 Å². The second-order valence-corrected chi connectivity index (χ2v) is 7.28. The Hall–Kier alpha value is -1.51. The van der Waals surface area contributed by atoms with Crippen molar-refractivity contribution in [2.24, 2.45) is 5.41 Å². The van der Waals surface area contributed by atoms with Crippen molar-refractivity contribution in [2.45, 2.75) is 58.4 Å². The number of nitrogens with one attached hydrogen (secondary N) is 2. The number of carbonyl (C=O) groups is 1. The molecule has 1 saturated carbocycles. The maximum atomic E-state index is 12.6. The van der Waals surface area contributed by atoms with E-state index in [9.17, 15) is 4.79 Å². The molecule has 3 rings (SSSR count). The van der Waals surface area contributed by atoms with E-state index in [0.29, 0.717) is 11.5 Å². The summed E-state index contributed by atoms with van der Waals surface area (Å²) < 4.78 is 0. The molecule has 1 aromatic carbocycles. The van der Waals surface area contributed by atoms with Crippen molar-refractivity contribution < 1.29 is 4.79 Å². The fraction of sp³-hybridized carbons (Fsp3) is 0.611. The van der Waals surface area contributed by atoms with Crippen LogP contribution in [0.2, 0.25) is 0 Å². The minimum atomic E-state index is 0.0888. The smallest absolute Gasteiger partial charge is 0.253 e. The van der Waals surface area contributed by atoms with E-state index in [2.05, 4.69) is 30.5 Å². The van der Waals surface area contributed by atoms with Gasteiger partial charge in [0.2, 0.25) is 0 Å². The predicted molar refractivity (Wildman–Crippen MR) is 86.8 cm³/mol. The summed E-state index contributed by atoms with van der Waals surface area (Å²) >= 11 is 0. The fourth-order valence-electron chi connectivity index (χ4n) is 3.51. The molecule has 1 heterocycles. The summed E-state index contributed by atoms with van der Waals surface area (Å²) in [5.41, 5.74) is 3.59. The lowest BCUT2D eigenvalue weighted by Gasteiger charge is -2.34. The van der Waals surface area contributed by atoms with Crippen LogP contribution in [0.15, 0.2) is 18.2 Å². The van der Waals surface area contributed by atoms with Gasteiger partial charge in [-0.3, -0.25) is 4.79 Å². The van der Waals surface area contributed by atoms with E-state index >= 15 is 0 Å². The second kappa shape index (κ2) is 5.70. The van der Waals surface area contributed by atoms with Crippen molar-refractivity contribution in [2.75, 3.05) is 11.9 Å². The second-order valence-electron chi connectivity index (χ2n) is 7.28. The van der Waals surface area contributed by atoms with Gasteiger partial charge in [0.15, 0.2) is 0 Å². The molecule has 1 aliphatic carbocycles. The van der Waals surface area contributed by atoms with E-state index in [1.54, 1.807) is 0 Å². The van der Waals surface area contributed by atoms with E-state index < -0.39 is 0 Å². The molecule has 1 aliphatic heterocycles. The van der Waals surface area contributed by atoms with Crippen molar-refractivity contribution in [3.05, 3.63) is 29.3 Å². The van der Waals surface area contributed by atoms with Crippen LogP contribution in [0.1, 0.15) is 61.9 Å². The lowest BCUT2D eigenvalue weighted by molar-refractivity contribution is 0.0909. The SMILES string of the molecule is CC1(C)CCC(NC(=O)c2cccc3c2NCCC3)CC1. The summed E-state index contributed by atoms with van der Waals surface area (Å²) in [6, 6.07) is 6.41. The van der Waals surface area contributed by atoms with Crippen molar-refractivity contribution in [1.29, 1.82) is 0 Å². The maximum Gasteiger partial charge on any atom is 0.253 e. The minimum Gasteiger partial charge on any atom is -0.384 e. The number of hydrogen-bond donors (Lipinski definition) is 2. The summed E-state index contributed by atoms with van der Waals surface area (Å²) in [7, 11) is 0. The van der Waals surface area contributed by atoms with Crippen LogP contribution in [-0.2, 0) is 6.42 Å². The topological polar surface area (TPSA) is 41.1 Å². The normalized spacial score (nSPS) is 21.2. The Morgan fingerprint density at radius 2 is 2.05 bits per heavy atom. The van der Waals surface area contributed by atoms with E-state index in [4.69, 9.17) is 0 Å². The van der Waals surface area contributed by atoms with E-state index in [0.717, 1.165) is 43.5 Å². The minimum absolute atomic E-state index is 0.0888. The number of rotatable bonds is 2. The van der Waals surface area contributed by atoms with E-state index in [-0.39, 0.29) is 5.91 Å². The number of fused-ring (bicyclic) bond motifs is 1. The third-order valence-electron chi connectivity index (χ3n) is 4.99. The van der Waals surface area contributed by atoms with Gasteiger partial charge in [0.25, 0.3) is 5.91 Å². The summed E-state index contributed by atoms with van der Waals surface area (Å²) in [6.45, 7) is 5.61. The Balaban J connectivity index is 1.69. The zero-order valence-electron chi connectivity index (χ0n) is 13.2. The highest BCUT2D eigenvalue weighted by Gasteiger charge is 2.28. The number of aryl methyl sites for hydroxylation is 1.